The molecule has 2 aromatic carbocycles. The molecule has 0 unspecified atom stereocenters. The van der Waals surface area contributed by atoms with Crippen molar-refractivity contribution in [2.24, 2.45) is 0 Å². The van der Waals surface area contributed by atoms with Crippen LogP contribution in [0.3, 0.4) is 0 Å². The van der Waals surface area contributed by atoms with Gasteiger partial charge in [0.2, 0.25) is 5.91 Å². The summed E-state index contributed by atoms with van der Waals surface area (Å²) < 4.78 is 2.04. The van der Waals surface area contributed by atoms with E-state index in [9.17, 15) is 4.79 Å². The van der Waals surface area contributed by atoms with Crippen LogP contribution in [0.2, 0.25) is 10.0 Å². The van der Waals surface area contributed by atoms with Gasteiger partial charge in [0.1, 0.15) is 5.82 Å². The molecule has 0 radical (unpaired) electrons. The van der Waals surface area contributed by atoms with Gasteiger partial charge in [-0.05, 0) is 43.0 Å². The molecule has 0 aliphatic rings. The molecule has 0 saturated heterocycles. The lowest BCUT2D eigenvalue weighted by Gasteiger charge is -2.11. The van der Waals surface area contributed by atoms with Crippen molar-refractivity contribution in [3.8, 4) is 5.69 Å². The Morgan fingerprint density at radius 1 is 1.06 bits per heavy atom. The van der Waals surface area contributed by atoms with E-state index in [1.165, 1.54) is 0 Å². The van der Waals surface area contributed by atoms with Crippen LogP contribution in [0, 0.1) is 0 Å². The van der Waals surface area contributed by atoms with Crippen molar-refractivity contribution < 1.29 is 4.79 Å². The van der Waals surface area contributed by atoms with Gasteiger partial charge in [-0.2, -0.15) is 0 Å². The molecule has 0 bridgehead atoms. The molecular weight excluding hydrogens is 451 g/mol. The van der Waals surface area contributed by atoms with Crippen LogP contribution in [0.25, 0.3) is 5.69 Å². The largest absolute Gasteiger partial charge is 0.356 e. The Labute approximate surface area is 197 Å². The van der Waals surface area contributed by atoms with Crippen LogP contribution in [0.5, 0.6) is 0 Å². The van der Waals surface area contributed by atoms with Gasteiger partial charge in [0.15, 0.2) is 5.16 Å². The van der Waals surface area contributed by atoms with E-state index in [0.717, 1.165) is 53.8 Å². The first kappa shape index (κ1) is 23.6. The molecular formula is C23H26Cl2N4OS. The Morgan fingerprint density at radius 3 is 2.61 bits per heavy atom. The molecule has 1 amide bonds. The summed E-state index contributed by atoms with van der Waals surface area (Å²) in [5, 5.41) is 13.6. The minimum atomic E-state index is 0.121. The number of aromatic nitrogens is 3. The standard InChI is InChI=1S/C23H26Cl2N4OS/c1-2-13-26-22(30)10-6-7-14-31-23-28-27-21(15-17-8-4-3-5-9-17)29(23)18-11-12-19(24)20(25)16-18/h3-5,8-9,11-12,16H,2,6-7,10,13-15H2,1H3,(H,26,30). The van der Waals surface area contributed by atoms with E-state index >= 15 is 0 Å². The van der Waals surface area contributed by atoms with Crippen molar-refractivity contribution in [2.45, 2.75) is 44.2 Å². The first-order chi connectivity index (χ1) is 15.1. The first-order valence-corrected chi connectivity index (χ1v) is 12.2. The van der Waals surface area contributed by atoms with E-state index in [4.69, 9.17) is 23.2 Å². The number of rotatable bonds is 11. The fraction of sp³-hybridized carbons (Fsp3) is 0.348. The zero-order valence-electron chi connectivity index (χ0n) is 17.5. The first-order valence-electron chi connectivity index (χ1n) is 10.4. The topological polar surface area (TPSA) is 59.8 Å². The van der Waals surface area contributed by atoms with Gasteiger partial charge in [0.25, 0.3) is 0 Å². The second-order valence-corrected chi connectivity index (χ2v) is 9.03. The minimum absolute atomic E-state index is 0.121. The molecule has 5 nitrogen and oxygen atoms in total. The molecule has 3 aromatic rings. The van der Waals surface area contributed by atoms with Crippen LogP contribution in [0.1, 0.15) is 44.0 Å². The predicted molar refractivity (Wildman–Crippen MR) is 129 cm³/mol. The smallest absolute Gasteiger partial charge is 0.219 e. The molecule has 0 saturated carbocycles. The average molecular weight is 477 g/mol. The highest BCUT2D eigenvalue weighted by Gasteiger charge is 2.16. The van der Waals surface area contributed by atoms with E-state index in [0.29, 0.717) is 22.9 Å². The van der Waals surface area contributed by atoms with Crippen molar-refractivity contribution >= 4 is 40.9 Å². The van der Waals surface area contributed by atoms with E-state index in [1.807, 2.05) is 41.8 Å². The molecule has 0 spiro atoms. The Bertz CT molecular complexity index is 994. The van der Waals surface area contributed by atoms with Gasteiger partial charge in [-0.1, -0.05) is 72.2 Å². The van der Waals surface area contributed by atoms with Gasteiger partial charge in [-0.25, -0.2) is 0 Å². The van der Waals surface area contributed by atoms with Crippen molar-refractivity contribution in [1.82, 2.24) is 20.1 Å². The van der Waals surface area contributed by atoms with E-state index in [2.05, 4.69) is 27.6 Å². The maximum absolute atomic E-state index is 11.7. The molecule has 3 rings (SSSR count). The fourth-order valence-corrected chi connectivity index (χ4v) is 4.34. The summed E-state index contributed by atoms with van der Waals surface area (Å²) in [5.41, 5.74) is 2.04. The lowest BCUT2D eigenvalue weighted by Crippen LogP contribution is -2.23. The lowest BCUT2D eigenvalue weighted by atomic mass is 10.1. The van der Waals surface area contributed by atoms with Crippen LogP contribution >= 0.6 is 35.0 Å². The quantitative estimate of drug-likeness (QED) is 0.274. The lowest BCUT2D eigenvalue weighted by molar-refractivity contribution is -0.121. The zero-order valence-corrected chi connectivity index (χ0v) is 19.8. The number of unbranched alkanes of at least 4 members (excludes halogenated alkanes) is 1. The van der Waals surface area contributed by atoms with Crippen LogP contribution < -0.4 is 5.32 Å². The van der Waals surface area contributed by atoms with Gasteiger partial charge >= 0.3 is 0 Å². The molecule has 1 aromatic heterocycles. The maximum Gasteiger partial charge on any atom is 0.219 e. The van der Waals surface area contributed by atoms with Gasteiger partial charge in [-0.15, -0.1) is 10.2 Å². The number of nitrogens with one attached hydrogen (secondary N) is 1. The zero-order chi connectivity index (χ0) is 22.1. The maximum atomic E-state index is 11.7. The second kappa shape index (κ2) is 12.1. The van der Waals surface area contributed by atoms with Crippen molar-refractivity contribution in [3.05, 3.63) is 70.0 Å². The van der Waals surface area contributed by atoms with Crippen LogP contribution in [0.15, 0.2) is 53.7 Å². The van der Waals surface area contributed by atoms with E-state index in [-0.39, 0.29) is 5.91 Å². The van der Waals surface area contributed by atoms with Crippen LogP contribution in [-0.2, 0) is 11.2 Å². The van der Waals surface area contributed by atoms with Crippen molar-refractivity contribution in [1.29, 1.82) is 0 Å². The van der Waals surface area contributed by atoms with Crippen LogP contribution in [-0.4, -0.2) is 33.0 Å². The van der Waals surface area contributed by atoms with E-state index in [1.54, 1.807) is 17.8 Å². The van der Waals surface area contributed by atoms with Gasteiger partial charge < -0.3 is 5.32 Å². The summed E-state index contributed by atoms with van der Waals surface area (Å²) in [6, 6.07) is 15.7. The normalized spacial score (nSPS) is 10.9. The number of amides is 1. The number of carbonyl (C=O) groups is 1. The minimum Gasteiger partial charge on any atom is -0.356 e. The highest BCUT2D eigenvalue weighted by atomic mass is 35.5. The number of hydrogen-bond donors (Lipinski definition) is 1. The summed E-state index contributed by atoms with van der Waals surface area (Å²) in [6.45, 7) is 2.79. The van der Waals surface area contributed by atoms with Crippen LogP contribution in [0.4, 0.5) is 0 Å². The van der Waals surface area contributed by atoms with Gasteiger partial charge in [0, 0.05) is 25.1 Å². The summed E-state index contributed by atoms with van der Waals surface area (Å²) in [6.07, 6.45) is 3.94. The Balaban J connectivity index is 1.70. The number of hydrogen-bond acceptors (Lipinski definition) is 4. The molecule has 0 atom stereocenters. The Morgan fingerprint density at radius 2 is 1.87 bits per heavy atom. The third-order valence-electron chi connectivity index (χ3n) is 4.67. The number of halogens is 2. The predicted octanol–water partition coefficient (Wildman–Crippen LogP) is 5.95. The molecule has 0 fully saturated rings. The highest BCUT2D eigenvalue weighted by Crippen LogP contribution is 2.29. The Kier molecular flexibility index (Phi) is 9.25. The SMILES string of the molecule is CCCNC(=O)CCCCSc1nnc(Cc2ccccc2)n1-c1ccc(Cl)c(Cl)c1. The molecule has 1 N–H and O–H groups in total. The molecule has 31 heavy (non-hydrogen) atoms. The molecule has 164 valence electrons. The molecule has 0 aliphatic heterocycles. The molecule has 0 aliphatic carbocycles. The summed E-state index contributed by atoms with van der Waals surface area (Å²) >= 11 is 14.0. The van der Waals surface area contributed by atoms with Gasteiger partial charge in [0.05, 0.1) is 15.7 Å². The average Bonchev–Trinajstić information content (AvgIpc) is 3.17. The number of carbonyl (C=O) groups excluding carboxylic acids is 1. The van der Waals surface area contributed by atoms with E-state index < -0.39 is 0 Å². The molecule has 1 heterocycles. The third kappa shape index (κ3) is 6.99. The summed E-state index contributed by atoms with van der Waals surface area (Å²) in [5.74, 6) is 1.81. The number of thioether (sulfide) groups is 1. The second-order valence-electron chi connectivity index (χ2n) is 7.15. The van der Waals surface area contributed by atoms with Crippen molar-refractivity contribution in [3.63, 3.8) is 0 Å². The summed E-state index contributed by atoms with van der Waals surface area (Å²) in [7, 11) is 0. The summed E-state index contributed by atoms with van der Waals surface area (Å²) in [4.78, 5) is 11.7. The Hall–Kier alpha value is -2.02. The van der Waals surface area contributed by atoms with Gasteiger partial charge in [-0.3, -0.25) is 9.36 Å². The fourth-order valence-electron chi connectivity index (χ4n) is 3.07. The monoisotopic (exact) mass is 476 g/mol. The molecule has 8 heteroatoms. The number of benzene rings is 2. The number of nitrogens with zero attached hydrogens (tertiary/aromatic N) is 3. The third-order valence-corrected chi connectivity index (χ3v) is 6.42. The van der Waals surface area contributed by atoms with Crippen molar-refractivity contribution in [2.75, 3.05) is 12.3 Å². The highest BCUT2D eigenvalue weighted by molar-refractivity contribution is 7.99.